The maximum absolute atomic E-state index is 14.7. The number of aryl methyl sites for hydroxylation is 1. The van der Waals surface area contributed by atoms with E-state index < -0.39 is 25.6 Å². The van der Waals surface area contributed by atoms with Gasteiger partial charge in [-0.3, -0.25) is 9.35 Å². The topological polar surface area (TPSA) is 128 Å². The lowest BCUT2D eigenvalue weighted by Crippen LogP contribution is -2.42. The molecule has 4 heterocycles. The second-order valence-electron chi connectivity index (χ2n) is 16.8. The molecule has 1 N–H and O–H groups in total. The molecule has 0 atom stereocenters. The normalized spacial score (nSPS) is 17.6. The molecule has 4 aromatic carbocycles. The molecule has 4 aromatic rings. The number of Topliss-reactive ketones (excluding diaryl/α,β-unsaturated/α-hetero) is 1. The smallest absolute Gasteiger partial charge is 0.294 e. The highest BCUT2D eigenvalue weighted by molar-refractivity contribution is 7.89. The van der Waals surface area contributed by atoms with Crippen molar-refractivity contribution in [2.24, 2.45) is 11.3 Å². The number of rotatable bonds is 6. The molecule has 0 unspecified atom stereocenters. The minimum absolute atomic E-state index is 0.138. The molecule has 5 aliphatic rings. The van der Waals surface area contributed by atoms with Gasteiger partial charge in [-0.1, -0.05) is 50.6 Å². The van der Waals surface area contributed by atoms with Crippen LogP contribution in [-0.2, 0) is 37.8 Å². The molecule has 4 aliphatic heterocycles. The number of fused-ring (bicyclic) bond motifs is 4. The van der Waals surface area contributed by atoms with Crippen molar-refractivity contribution in [1.82, 2.24) is 8.88 Å². The van der Waals surface area contributed by atoms with E-state index >= 15 is 0 Å². The first-order valence-corrected chi connectivity index (χ1v) is 22.7. The molecule has 1 fully saturated rings. The number of hydrogen-bond acceptors (Lipinski definition) is 7. The first-order valence-electron chi connectivity index (χ1n) is 19.8. The molecule has 12 heteroatoms. The number of carbonyl (C=O) groups is 1. The van der Waals surface area contributed by atoms with E-state index in [2.05, 4.69) is 40.7 Å². The molecular weight excluding hydrogens is 771 g/mol. The van der Waals surface area contributed by atoms with E-state index in [4.69, 9.17) is 4.42 Å². The standard InChI is InChI=1S/C46H45N3O7S2/c1-29-9-15-39-31(25-29)19-23-48(39)33-10-13-36-41(27-33)56-42-28-34(49-24-20-32-26-35(58(53,54)55)12-16-40(32)49)11-14-37(42)44(36)38-7-5-6-8-43(38)57(51,52)47-21-17-30(18-22-47)45(50)46(2,3)4/h5-16,25-28,30H,17-24H2,1-4H3/p+1. The Morgan fingerprint density at radius 3 is 2.34 bits per heavy atom. The second kappa shape index (κ2) is 14.0. The minimum atomic E-state index is -4.34. The summed E-state index contributed by atoms with van der Waals surface area (Å²) in [7, 11) is -8.32. The largest absolute Gasteiger partial charge is 0.456 e. The summed E-state index contributed by atoms with van der Waals surface area (Å²) in [6, 6.07) is 30.3. The van der Waals surface area contributed by atoms with Crippen LogP contribution in [0, 0.1) is 18.3 Å². The number of carbonyl (C=O) groups excluding carboxylic acids is 1. The van der Waals surface area contributed by atoms with Crippen LogP contribution in [0.5, 0.6) is 0 Å². The van der Waals surface area contributed by atoms with Gasteiger partial charge in [0.25, 0.3) is 10.1 Å². The van der Waals surface area contributed by atoms with Gasteiger partial charge >= 0.3 is 0 Å². The molecule has 0 amide bonds. The predicted molar refractivity (Wildman–Crippen MR) is 226 cm³/mol. The molecule has 9 rings (SSSR count). The van der Waals surface area contributed by atoms with Gasteiger partial charge in [0.05, 0.1) is 15.9 Å². The van der Waals surface area contributed by atoms with E-state index in [-0.39, 0.29) is 34.6 Å². The summed E-state index contributed by atoms with van der Waals surface area (Å²) in [6.07, 6.45) is 2.47. The number of anilines is 2. The van der Waals surface area contributed by atoms with Crippen molar-refractivity contribution < 1.29 is 30.6 Å². The van der Waals surface area contributed by atoms with Crippen LogP contribution < -0.4 is 14.8 Å². The van der Waals surface area contributed by atoms with Crippen LogP contribution in [0.15, 0.2) is 111 Å². The Kier molecular flexibility index (Phi) is 9.27. The zero-order valence-corrected chi connectivity index (χ0v) is 34.7. The van der Waals surface area contributed by atoms with Gasteiger partial charge in [-0.05, 0) is 80.3 Å². The third kappa shape index (κ3) is 6.65. The highest BCUT2D eigenvalue weighted by atomic mass is 32.2. The third-order valence-corrected chi connectivity index (χ3v) is 14.8. The lowest BCUT2D eigenvalue weighted by atomic mass is 9.79. The van der Waals surface area contributed by atoms with Crippen molar-refractivity contribution in [3.8, 4) is 22.5 Å². The Bertz CT molecular complexity index is 2940. The van der Waals surface area contributed by atoms with E-state index in [0.717, 1.165) is 57.5 Å². The van der Waals surface area contributed by atoms with Gasteiger partial charge in [0.15, 0.2) is 6.54 Å². The molecule has 0 radical (unpaired) electrons. The molecule has 0 spiro atoms. The SMILES string of the molecule is Cc1ccc2c(c1)CC/[N+]2=c1/ccc2c(-c3ccccc3S(=O)(=O)N3CCC(C(=O)C(C)(C)C)CC3)c3ccc(N4CCc5cc(S(=O)(=O)O)ccc54)cc3oc-2c1. The van der Waals surface area contributed by atoms with Crippen molar-refractivity contribution in [1.29, 1.82) is 0 Å². The highest BCUT2D eigenvalue weighted by Gasteiger charge is 2.37. The lowest BCUT2D eigenvalue weighted by molar-refractivity contribution is -0.131. The Hall–Kier alpha value is -5.14. The zero-order chi connectivity index (χ0) is 40.7. The quantitative estimate of drug-likeness (QED) is 0.101. The summed E-state index contributed by atoms with van der Waals surface area (Å²) in [4.78, 5) is 15.3. The van der Waals surface area contributed by atoms with Gasteiger partial charge in [-0.15, -0.1) is 0 Å². The molecule has 0 saturated carbocycles. The fourth-order valence-electron chi connectivity index (χ4n) is 9.11. The van der Waals surface area contributed by atoms with Crippen LogP contribution in [-0.4, -0.2) is 57.7 Å². The van der Waals surface area contributed by atoms with Crippen molar-refractivity contribution in [3.63, 3.8) is 0 Å². The van der Waals surface area contributed by atoms with E-state index in [0.29, 0.717) is 42.7 Å². The summed E-state index contributed by atoms with van der Waals surface area (Å²) >= 11 is 0. The molecule has 0 bridgehead atoms. The zero-order valence-electron chi connectivity index (χ0n) is 33.0. The summed E-state index contributed by atoms with van der Waals surface area (Å²) in [5.41, 5.74) is 8.29. The van der Waals surface area contributed by atoms with Crippen LogP contribution in [0.3, 0.4) is 0 Å². The van der Waals surface area contributed by atoms with E-state index in [1.54, 1.807) is 18.2 Å². The summed E-state index contributed by atoms with van der Waals surface area (Å²) in [5, 5.41) is 1.71. The first-order chi connectivity index (χ1) is 27.6. The summed E-state index contributed by atoms with van der Waals surface area (Å²) in [6.45, 7) is 9.79. The highest BCUT2D eigenvalue weighted by Crippen LogP contribution is 2.45. The average molecular weight is 817 g/mol. The van der Waals surface area contributed by atoms with Crippen LogP contribution in [0.4, 0.5) is 17.1 Å². The van der Waals surface area contributed by atoms with Gasteiger partial charge in [0, 0.05) is 94.6 Å². The number of benzene rings is 5. The van der Waals surface area contributed by atoms with Crippen LogP contribution in [0.1, 0.15) is 50.3 Å². The number of ketones is 1. The summed E-state index contributed by atoms with van der Waals surface area (Å²) in [5.74, 6) is 0.598. The van der Waals surface area contributed by atoms with E-state index in [1.807, 2.05) is 63.2 Å². The molecule has 298 valence electrons. The molecule has 10 nitrogen and oxygen atoms in total. The predicted octanol–water partition coefficient (Wildman–Crippen LogP) is 8.13. The number of nitrogens with zero attached hydrogens (tertiary/aromatic N) is 3. The number of hydrogen-bond donors (Lipinski definition) is 1. The van der Waals surface area contributed by atoms with Crippen molar-refractivity contribution >= 4 is 54.0 Å². The Morgan fingerprint density at radius 2 is 1.59 bits per heavy atom. The Balaban J connectivity index is 1.20. The van der Waals surface area contributed by atoms with Crippen molar-refractivity contribution in [2.45, 2.75) is 63.2 Å². The molecule has 1 saturated heterocycles. The van der Waals surface area contributed by atoms with Gasteiger partial charge < -0.3 is 9.32 Å². The lowest BCUT2D eigenvalue weighted by Gasteiger charge is -2.33. The second-order valence-corrected chi connectivity index (χ2v) is 20.2. The van der Waals surface area contributed by atoms with Gasteiger partial charge in [0.2, 0.25) is 21.1 Å². The van der Waals surface area contributed by atoms with Gasteiger partial charge in [-0.2, -0.15) is 17.3 Å². The first kappa shape index (κ1) is 38.4. The van der Waals surface area contributed by atoms with E-state index in [1.165, 1.54) is 27.6 Å². The van der Waals surface area contributed by atoms with Crippen molar-refractivity contribution in [3.05, 3.63) is 119 Å². The number of piperidine rings is 1. The summed E-state index contributed by atoms with van der Waals surface area (Å²) < 4.78 is 73.4. The fraction of sp³-hybridized carbons (Fsp3) is 0.304. The van der Waals surface area contributed by atoms with Crippen molar-refractivity contribution in [2.75, 3.05) is 31.1 Å². The van der Waals surface area contributed by atoms with Gasteiger partial charge in [0.1, 0.15) is 17.1 Å². The van der Waals surface area contributed by atoms with Crippen LogP contribution in [0.2, 0.25) is 0 Å². The Labute approximate surface area is 339 Å². The maximum Gasteiger partial charge on any atom is 0.294 e. The maximum atomic E-state index is 14.7. The van der Waals surface area contributed by atoms with Crippen LogP contribution in [0.25, 0.3) is 33.4 Å². The fourth-order valence-corrected chi connectivity index (χ4v) is 11.3. The molecule has 0 aromatic heterocycles. The monoisotopic (exact) mass is 816 g/mol. The minimum Gasteiger partial charge on any atom is -0.456 e. The third-order valence-electron chi connectivity index (χ3n) is 12.0. The Morgan fingerprint density at radius 1 is 0.810 bits per heavy atom. The molecule has 58 heavy (non-hydrogen) atoms. The van der Waals surface area contributed by atoms with Gasteiger partial charge in [-0.25, -0.2) is 8.42 Å². The average Bonchev–Trinajstić information content (AvgIpc) is 3.82. The number of sulfonamides is 1. The van der Waals surface area contributed by atoms with E-state index in [9.17, 15) is 26.2 Å². The van der Waals surface area contributed by atoms with Crippen LogP contribution >= 0.6 is 0 Å². The molecular formula is C46H46N3O7S2+. The molecule has 1 aliphatic carbocycles.